The van der Waals surface area contributed by atoms with Gasteiger partial charge in [0.05, 0.1) is 11.4 Å². The zero-order valence-electron chi connectivity index (χ0n) is 12.5. The number of aromatic nitrogens is 2. The van der Waals surface area contributed by atoms with Gasteiger partial charge < -0.3 is 9.14 Å². The molecule has 22 heavy (non-hydrogen) atoms. The normalized spacial score (nSPS) is 10.6. The molecule has 1 N–H and O–H groups in total. The van der Waals surface area contributed by atoms with Crippen molar-refractivity contribution in [2.45, 2.75) is 20.5 Å². The first-order valence-corrected chi connectivity index (χ1v) is 7.07. The maximum absolute atomic E-state index is 12.0. The van der Waals surface area contributed by atoms with Gasteiger partial charge >= 0.3 is 6.09 Å². The number of pyridine rings is 1. The maximum atomic E-state index is 12.0. The fourth-order valence-corrected chi connectivity index (χ4v) is 2.27. The van der Waals surface area contributed by atoms with Crippen LogP contribution in [0.4, 0.5) is 10.5 Å². The average Bonchev–Trinajstić information content (AvgIpc) is 2.83. The molecule has 0 saturated carbocycles. The Morgan fingerprint density at radius 1 is 1.18 bits per heavy atom. The molecule has 0 bridgehead atoms. The van der Waals surface area contributed by atoms with Crippen LogP contribution in [0.5, 0.6) is 0 Å². The van der Waals surface area contributed by atoms with Crippen LogP contribution in [0.3, 0.4) is 0 Å². The maximum Gasteiger partial charge on any atom is 0.412 e. The first-order chi connectivity index (χ1) is 10.6. The van der Waals surface area contributed by atoms with Crippen molar-refractivity contribution >= 4 is 17.4 Å². The number of imidazole rings is 1. The minimum absolute atomic E-state index is 0.238. The molecule has 1 amide bonds. The van der Waals surface area contributed by atoms with Gasteiger partial charge in [-0.25, -0.2) is 9.78 Å². The first kappa shape index (κ1) is 14.1. The molecule has 5 heteroatoms. The largest absolute Gasteiger partial charge is 0.444 e. The van der Waals surface area contributed by atoms with E-state index in [1.54, 1.807) is 0 Å². The second-order valence-electron chi connectivity index (χ2n) is 5.08. The summed E-state index contributed by atoms with van der Waals surface area (Å²) >= 11 is 0. The number of nitrogens with one attached hydrogen (secondary N) is 1. The molecule has 0 aliphatic carbocycles. The van der Waals surface area contributed by atoms with E-state index in [1.165, 1.54) is 0 Å². The van der Waals surface area contributed by atoms with Crippen LogP contribution >= 0.6 is 0 Å². The molecule has 5 nitrogen and oxygen atoms in total. The zero-order chi connectivity index (χ0) is 15.5. The second-order valence-corrected chi connectivity index (χ2v) is 5.08. The van der Waals surface area contributed by atoms with Crippen molar-refractivity contribution in [1.29, 1.82) is 0 Å². The van der Waals surface area contributed by atoms with E-state index in [0.29, 0.717) is 11.3 Å². The average molecular weight is 295 g/mol. The lowest BCUT2D eigenvalue weighted by molar-refractivity contribution is 0.155. The van der Waals surface area contributed by atoms with E-state index >= 15 is 0 Å². The second kappa shape index (κ2) is 5.89. The Morgan fingerprint density at radius 2 is 1.95 bits per heavy atom. The van der Waals surface area contributed by atoms with Crippen LogP contribution in [0.25, 0.3) is 5.65 Å². The summed E-state index contributed by atoms with van der Waals surface area (Å²) in [5.41, 5.74) is 4.29. The van der Waals surface area contributed by atoms with E-state index in [1.807, 2.05) is 66.9 Å². The highest BCUT2D eigenvalue weighted by Gasteiger charge is 2.11. The topological polar surface area (TPSA) is 55.6 Å². The molecule has 0 radical (unpaired) electrons. The SMILES string of the molecule is Cc1nc2c(NC(=O)OCc3ccccc3)cccn2c1C. The Bertz CT molecular complexity index is 809. The number of aryl methyl sites for hydroxylation is 2. The molecule has 0 saturated heterocycles. The van der Waals surface area contributed by atoms with Crippen molar-refractivity contribution in [3.8, 4) is 0 Å². The van der Waals surface area contributed by atoms with Gasteiger partial charge in [0.1, 0.15) is 6.61 Å². The fraction of sp³-hybridized carbons (Fsp3) is 0.176. The number of benzene rings is 1. The number of carbonyl (C=O) groups is 1. The van der Waals surface area contributed by atoms with Crippen molar-refractivity contribution < 1.29 is 9.53 Å². The number of fused-ring (bicyclic) bond motifs is 1. The molecule has 2 aromatic heterocycles. The highest BCUT2D eigenvalue weighted by Crippen LogP contribution is 2.19. The van der Waals surface area contributed by atoms with Gasteiger partial charge in [0, 0.05) is 11.9 Å². The zero-order valence-corrected chi connectivity index (χ0v) is 12.5. The highest BCUT2D eigenvalue weighted by atomic mass is 16.5. The smallest absolute Gasteiger partial charge is 0.412 e. The predicted octanol–water partition coefficient (Wildman–Crippen LogP) is 3.70. The van der Waals surface area contributed by atoms with Gasteiger partial charge in [-0.1, -0.05) is 30.3 Å². The molecule has 0 aliphatic heterocycles. The lowest BCUT2D eigenvalue weighted by atomic mass is 10.2. The van der Waals surface area contributed by atoms with Gasteiger partial charge in [0.25, 0.3) is 0 Å². The van der Waals surface area contributed by atoms with Gasteiger partial charge in [-0.05, 0) is 31.5 Å². The van der Waals surface area contributed by atoms with Crippen LogP contribution in [0.15, 0.2) is 48.7 Å². The van der Waals surface area contributed by atoms with Crippen LogP contribution in [0.1, 0.15) is 17.0 Å². The molecule has 0 aliphatic rings. The fourth-order valence-electron chi connectivity index (χ4n) is 2.27. The van der Waals surface area contributed by atoms with Crippen LogP contribution in [0.2, 0.25) is 0 Å². The van der Waals surface area contributed by atoms with Crippen molar-refractivity contribution in [3.05, 3.63) is 65.6 Å². The lowest BCUT2D eigenvalue weighted by Crippen LogP contribution is -2.14. The number of hydrogen-bond acceptors (Lipinski definition) is 3. The van der Waals surface area contributed by atoms with Crippen LogP contribution in [0, 0.1) is 13.8 Å². The van der Waals surface area contributed by atoms with Crippen LogP contribution in [-0.4, -0.2) is 15.5 Å². The molecule has 0 atom stereocenters. The molecular formula is C17H17N3O2. The van der Waals surface area contributed by atoms with E-state index in [0.717, 1.165) is 17.0 Å². The molecular weight excluding hydrogens is 278 g/mol. The molecule has 2 heterocycles. The van der Waals surface area contributed by atoms with Crippen molar-refractivity contribution in [3.63, 3.8) is 0 Å². The number of rotatable bonds is 3. The summed E-state index contributed by atoms with van der Waals surface area (Å²) in [5, 5.41) is 2.75. The van der Waals surface area contributed by atoms with Crippen molar-refractivity contribution in [1.82, 2.24) is 9.38 Å². The van der Waals surface area contributed by atoms with Gasteiger partial charge in [-0.2, -0.15) is 0 Å². The number of hydrogen-bond donors (Lipinski definition) is 1. The standard InChI is InChI=1S/C17H17N3O2/c1-12-13(2)20-10-6-9-15(16(20)18-12)19-17(21)22-11-14-7-4-3-5-8-14/h3-10H,11H2,1-2H3,(H,19,21). The third-order valence-electron chi connectivity index (χ3n) is 3.58. The molecule has 0 fully saturated rings. The molecule has 3 aromatic rings. The van der Waals surface area contributed by atoms with Gasteiger partial charge in [0.15, 0.2) is 5.65 Å². The monoisotopic (exact) mass is 295 g/mol. The van der Waals surface area contributed by atoms with Gasteiger partial charge in [-0.15, -0.1) is 0 Å². The molecule has 0 unspecified atom stereocenters. The first-order valence-electron chi connectivity index (χ1n) is 7.07. The Morgan fingerprint density at radius 3 is 2.73 bits per heavy atom. The molecule has 1 aromatic carbocycles. The minimum Gasteiger partial charge on any atom is -0.444 e. The van der Waals surface area contributed by atoms with E-state index in [4.69, 9.17) is 4.74 Å². The number of anilines is 1. The Hall–Kier alpha value is -2.82. The van der Waals surface area contributed by atoms with E-state index in [2.05, 4.69) is 10.3 Å². The molecule has 3 rings (SSSR count). The number of nitrogens with zero attached hydrogens (tertiary/aromatic N) is 2. The highest BCUT2D eigenvalue weighted by molar-refractivity contribution is 5.89. The van der Waals surface area contributed by atoms with Gasteiger partial charge in [-0.3, -0.25) is 5.32 Å². The van der Waals surface area contributed by atoms with Crippen LogP contribution < -0.4 is 5.32 Å². The summed E-state index contributed by atoms with van der Waals surface area (Å²) in [7, 11) is 0. The summed E-state index contributed by atoms with van der Waals surface area (Å²) in [5.74, 6) is 0. The summed E-state index contributed by atoms with van der Waals surface area (Å²) in [6, 6.07) is 13.2. The summed E-state index contributed by atoms with van der Waals surface area (Å²) in [6.07, 6.45) is 1.43. The Labute approximate surface area is 128 Å². The summed E-state index contributed by atoms with van der Waals surface area (Å²) < 4.78 is 7.18. The Kier molecular flexibility index (Phi) is 3.78. The third-order valence-corrected chi connectivity index (χ3v) is 3.58. The van der Waals surface area contributed by atoms with E-state index < -0.39 is 6.09 Å². The Balaban J connectivity index is 1.73. The van der Waals surface area contributed by atoms with Crippen LogP contribution in [-0.2, 0) is 11.3 Å². The number of amides is 1. The lowest BCUT2D eigenvalue weighted by Gasteiger charge is -2.08. The number of ether oxygens (including phenoxy) is 1. The minimum atomic E-state index is -0.491. The molecule has 0 spiro atoms. The summed E-state index contributed by atoms with van der Waals surface area (Å²) in [4.78, 5) is 16.4. The third kappa shape index (κ3) is 2.79. The van der Waals surface area contributed by atoms with Gasteiger partial charge in [0.2, 0.25) is 0 Å². The number of carbonyl (C=O) groups excluding carboxylic acids is 1. The summed E-state index contributed by atoms with van der Waals surface area (Å²) in [6.45, 7) is 4.18. The van der Waals surface area contributed by atoms with Crippen molar-refractivity contribution in [2.24, 2.45) is 0 Å². The molecule has 112 valence electrons. The van der Waals surface area contributed by atoms with E-state index in [-0.39, 0.29) is 6.61 Å². The quantitative estimate of drug-likeness (QED) is 0.801. The van der Waals surface area contributed by atoms with Crippen molar-refractivity contribution in [2.75, 3.05) is 5.32 Å². The van der Waals surface area contributed by atoms with E-state index in [9.17, 15) is 4.79 Å². The predicted molar refractivity (Wildman–Crippen MR) is 84.9 cm³/mol.